The molecule has 2 aliphatic rings. The van der Waals surface area contributed by atoms with E-state index in [1.54, 1.807) is 12.3 Å². The predicted octanol–water partition coefficient (Wildman–Crippen LogP) is 3.54. The molecule has 3 amide bonds. The zero-order valence-electron chi connectivity index (χ0n) is 22.5. The summed E-state index contributed by atoms with van der Waals surface area (Å²) in [5.41, 5.74) is 4.79. The highest BCUT2D eigenvalue weighted by Gasteiger charge is 2.41. The topological polar surface area (TPSA) is 147 Å². The Hall–Kier alpha value is -3.24. The molecule has 0 spiro atoms. The number of nitrogens with zero attached hydrogens (tertiary/aromatic N) is 2. The standard InChI is InChI=1S/C26H41N5O6/c1-16(2)14-36-23-20(13-28-31(23)10-9-26(3,4)30-25(34)35-5)22(32)29-21-18-7-6-8-19(21)12-17(11-18)15-37-24(27)33/h9-10,13,16-19,21H,6-8,11-12,14-15H2,1-5H3,(H2,27,33)(H,29,32)(H,30,34). The van der Waals surface area contributed by atoms with Gasteiger partial charge in [-0.2, -0.15) is 5.10 Å². The molecule has 206 valence electrons. The smallest absolute Gasteiger partial charge is 0.407 e. The van der Waals surface area contributed by atoms with Gasteiger partial charge in [-0.3, -0.25) is 4.79 Å². The predicted molar refractivity (Wildman–Crippen MR) is 138 cm³/mol. The molecule has 1 aromatic rings. The average Bonchev–Trinajstić information content (AvgIpc) is 3.23. The Kier molecular flexibility index (Phi) is 9.45. The lowest BCUT2D eigenvalue weighted by atomic mass is 9.65. The Morgan fingerprint density at radius 3 is 2.51 bits per heavy atom. The summed E-state index contributed by atoms with van der Waals surface area (Å²) >= 11 is 0. The first-order valence-electron chi connectivity index (χ1n) is 13.0. The second kappa shape index (κ2) is 12.3. The molecule has 37 heavy (non-hydrogen) atoms. The van der Waals surface area contributed by atoms with Crippen LogP contribution >= 0.6 is 0 Å². The number of nitrogens with one attached hydrogen (secondary N) is 2. The van der Waals surface area contributed by atoms with Gasteiger partial charge in [0.1, 0.15) is 5.56 Å². The second-order valence-corrected chi connectivity index (χ2v) is 11.1. The van der Waals surface area contributed by atoms with Crippen molar-refractivity contribution in [2.24, 2.45) is 29.4 Å². The van der Waals surface area contributed by atoms with Gasteiger partial charge in [0.2, 0.25) is 5.88 Å². The number of ether oxygens (including phenoxy) is 3. The first-order chi connectivity index (χ1) is 17.5. The van der Waals surface area contributed by atoms with Gasteiger partial charge in [-0.15, -0.1) is 0 Å². The fourth-order valence-corrected chi connectivity index (χ4v) is 5.28. The number of fused-ring (bicyclic) bond motifs is 2. The lowest BCUT2D eigenvalue weighted by molar-refractivity contribution is 0.0440. The van der Waals surface area contributed by atoms with E-state index in [1.165, 1.54) is 18.0 Å². The first-order valence-corrected chi connectivity index (χ1v) is 13.0. The summed E-state index contributed by atoms with van der Waals surface area (Å²) in [6.45, 7) is 8.43. The molecule has 11 heteroatoms. The quantitative estimate of drug-likeness (QED) is 0.428. The third-order valence-corrected chi connectivity index (χ3v) is 6.99. The molecular formula is C26H41N5O6. The lowest BCUT2D eigenvalue weighted by Crippen LogP contribution is -2.51. The summed E-state index contributed by atoms with van der Waals surface area (Å²) < 4.78 is 17.3. The average molecular weight is 520 g/mol. The number of amides is 3. The van der Waals surface area contributed by atoms with Crippen LogP contribution in [0.2, 0.25) is 0 Å². The largest absolute Gasteiger partial charge is 0.477 e. The van der Waals surface area contributed by atoms with Gasteiger partial charge in [-0.25, -0.2) is 14.3 Å². The number of primary amides is 1. The number of aromatic nitrogens is 2. The summed E-state index contributed by atoms with van der Waals surface area (Å²) in [6, 6.07) is 0.0473. The lowest BCUT2D eigenvalue weighted by Gasteiger charge is -2.45. The van der Waals surface area contributed by atoms with Crippen molar-refractivity contribution < 1.29 is 28.6 Å². The Balaban J connectivity index is 1.76. The van der Waals surface area contributed by atoms with Gasteiger partial charge in [0.25, 0.3) is 5.91 Å². The Morgan fingerprint density at radius 2 is 1.92 bits per heavy atom. The molecule has 2 unspecified atom stereocenters. The van der Waals surface area contributed by atoms with Crippen molar-refractivity contribution in [2.45, 2.75) is 71.4 Å². The van der Waals surface area contributed by atoms with E-state index in [-0.39, 0.29) is 23.8 Å². The van der Waals surface area contributed by atoms with E-state index in [4.69, 9.17) is 15.2 Å². The third kappa shape index (κ3) is 7.87. The number of hydrogen-bond donors (Lipinski definition) is 3. The van der Waals surface area contributed by atoms with Crippen LogP contribution in [0.25, 0.3) is 6.20 Å². The van der Waals surface area contributed by atoms with E-state index in [0.717, 1.165) is 32.1 Å². The van der Waals surface area contributed by atoms with Crippen molar-refractivity contribution in [1.82, 2.24) is 20.4 Å². The van der Waals surface area contributed by atoms with Gasteiger partial charge in [0.15, 0.2) is 0 Å². The molecule has 1 heterocycles. The van der Waals surface area contributed by atoms with E-state index < -0.39 is 17.7 Å². The van der Waals surface area contributed by atoms with Crippen LogP contribution in [0.15, 0.2) is 12.3 Å². The van der Waals surface area contributed by atoms with Gasteiger partial charge in [-0.1, -0.05) is 20.3 Å². The van der Waals surface area contributed by atoms with Gasteiger partial charge < -0.3 is 30.6 Å². The van der Waals surface area contributed by atoms with Crippen molar-refractivity contribution in [2.75, 3.05) is 20.3 Å². The molecule has 2 aliphatic carbocycles. The summed E-state index contributed by atoms with van der Waals surface area (Å²) in [4.78, 5) is 36.2. The Labute approximate surface area is 218 Å². The Bertz CT molecular complexity index is 974. The van der Waals surface area contributed by atoms with Crippen LogP contribution in [0.1, 0.15) is 70.2 Å². The number of nitrogens with two attached hydrogens (primary N) is 1. The zero-order valence-corrected chi connectivity index (χ0v) is 22.5. The van der Waals surface area contributed by atoms with Gasteiger partial charge in [0, 0.05) is 12.2 Å². The van der Waals surface area contributed by atoms with Crippen LogP contribution in [0.5, 0.6) is 5.88 Å². The van der Waals surface area contributed by atoms with Gasteiger partial charge in [0.05, 0.1) is 32.1 Å². The maximum absolute atomic E-state index is 13.5. The van der Waals surface area contributed by atoms with Crippen LogP contribution < -0.4 is 21.1 Å². The van der Waals surface area contributed by atoms with Crippen LogP contribution in [-0.2, 0) is 9.47 Å². The summed E-state index contributed by atoms with van der Waals surface area (Å²) in [5.74, 6) is 1.27. The highest BCUT2D eigenvalue weighted by Crippen LogP contribution is 2.43. The van der Waals surface area contributed by atoms with Crippen molar-refractivity contribution in [1.29, 1.82) is 0 Å². The summed E-state index contributed by atoms with van der Waals surface area (Å²) in [5, 5.41) is 10.4. The zero-order chi connectivity index (χ0) is 27.2. The molecule has 0 radical (unpaired) electrons. The molecule has 0 aromatic carbocycles. The van der Waals surface area contributed by atoms with Crippen LogP contribution in [0.3, 0.4) is 0 Å². The number of hydrogen-bond acceptors (Lipinski definition) is 7. The fourth-order valence-electron chi connectivity index (χ4n) is 5.28. The van der Waals surface area contributed by atoms with E-state index >= 15 is 0 Å². The van der Waals surface area contributed by atoms with Crippen LogP contribution in [0.4, 0.5) is 9.59 Å². The van der Waals surface area contributed by atoms with Gasteiger partial charge in [-0.05, 0) is 69.3 Å². The van der Waals surface area contributed by atoms with Crippen molar-refractivity contribution >= 4 is 24.3 Å². The highest BCUT2D eigenvalue weighted by molar-refractivity contribution is 5.96. The van der Waals surface area contributed by atoms with Crippen molar-refractivity contribution in [3.05, 3.63) is 17.8 Å². The molecule has 2 bridgehead atoms. The Morgan fingerprint density at radius 1 is 1.24 bits per heavy atom. The van der Waals surface area contributed by atoms with E-state index in [1.807, 2.05) is 27.7 Å². The van der Waals surface area contributed by atoms with E-state index in [9.17, 15) is 14.4 Å². The molecule has 0 aliphatic heterocycles. The molecular weight excluding hydrogens is 478 g/mol. The van der Waals surface area contributed by atoms with Gasteiger partial charge >= 0.3 is 12.2 Å². The van der Waals surface area contributed by atoms with E-state index in [2.05, 4.69) is 20.5 Å². The highest BCUT2D eigenvalue weighted by atomic mass is 16.5. The third-order valence-electron chi connectivity index (χ3n) is 6.99. The number of rotatable bonds is 10. The van der Waals surface area contributed by atoms with E-state index in [0.29, 0.717) is 36.5 Å². The number of carbonyl (C=O) groups is 3. The molecule has 4 N–H and O–H groups in total. The van der Waals surface area contributed by atoms with Crippen LogP contribution in [0, 0.1) is 23.7 Å². The van der Waals surface area contributed by atoms with Crippen molar-refractivity contribution in [3.63, 3.8) is 0 Å². The maximum Gasteiger partial charge on any atom is 0.407 e. The first kappa shape index (κ1) is 28.3. The minimum absolute atomic E-state index is 0.0473. The SMILES string of the molecule is COC(=O)NC(C)(C)C=Cn1ncc(C(=O)NC2C3CCCC2CC(COC(N)=O)C3)c1OCC(C)C. The van der Waals surface area contributed by atoms with Crippen LogP contribution in [-0.4, -0.2) is 59.8 Å². The number of alkyl carbamates (subject to hydrolysis) is 1. The molecule has 3 rings (SSSR count). The molecule has 2 atom stereocenters. The van der Waals surface area contributed by atoms with Crippen molar-refractivity contribution in [3.8, 4) is 5.88 Å². The summed E-state index contributed by atoms with van der Waals surface area (Å²) in [7, 11) is 1.31. The number of carbonyl (C=O) groups excluding carboxylic acids is 3. The molecule has 0 saturated heterocycles. The normalized spacial score (nSPS) is 23.5. The monoisotopic (exact) mass is 519 g/mol. The number of methoxy groups -OCH3 is 1. The minimum atomic E-state index is -0.745. The maximum atomic E-state index is 13.5. The molecule has 11 nitrogen and oxygen atoms in total. The summed E-state index contributed by atoms with van der Waals surface area (Å²) in [6.07, 6.45) is 8.58. The fraction of sp³-hybridized carbons (Fsp3) is 0.692. The second-order valence-electron chi connectivity index (χ2n) is 11.1. The molecule has 2 fully saturated rings. The molecule has 2 saturated carbocycles. The minimum Gasteiger partial charge on any atom is -0.477 e. The molecule has 1 aromatic heterocycles.